The number of benzene rings is 1. The molecule has 1 aliphatic heterocycles. The second-order valence-corrected chi connectivity index (χ2v) is 7.65. The van der Waals surface area contributed by atoms with Gasteiger partial charge in [0.05, 0.1) is 11.5 Å². The molecule has 0 bridgehead atoms. The van der Waals surface area contributed by atoms with Crippen LogP contribution in [-0.4, -0.2) is 51.0 Å². The number of nitrogens with one attached hydrogen (secondary N) is 1. The number of hydrogen-bond acceptors (Lipinski definition) is 4. The molecule has 1 heterocycles. The van der Waals surface area contributed by atoms with Crippen LogP contribution in [0.2, 0.25) is 0 Å². The van der Waals surface area contributed by atoms with Crippen molar-refractivity contribution < 1.29 is 12.8 Å². The first kappa shape index (κ1) is 15.4. The molecule has 1 aliphatic rings. The fourth-order valence-electron chi connectivity index (χ4n) is 2.40. The van der Waals surface area contributed by atoms with Crippen LogP contribution in [-0.2, 0) is 16.4 Å². The topological polar surface area (TPSA) is 49.4 Å². The molecule has 6 heteroatoms. The average Bonchev–Trinajstić information content (AvgIpc) is 2.72. The van der Waals surface area contributed by atoms with Gasteiger partial charge in [-0.15, -0.1) is 0 Å². The third-order valence-electron chi connectivity index (χ3n) is 3.52. The molecular formula is C14H21FN2O2S. The Morgan fingerprint density at radius 3 is 2.65 bits per heavy atom. The van der Waals surface area contributed by atoms with Gasteiger partial charge in [0.15, 0.2) is 9.84 Å². The number of halogens is 1. The standard InChI is InChI=1S/C14H21FN2O2S/c1-17(10-12-2-4-13(15)5-3-12)8-7-16-14-6-9-20(18,19)11-14/h2-5,14,16H,6-11H2,1H3. The van der Waals surface area contributed by atoms with E-state index in [0.29, 0.717) is 12.2 Å². The largest absolute Gasteiger partial charge is 0.312 e. The van der Waals surface area contributed by atoms with Crippen LogP contribution in [0, 0.1) is 5.82 Å². The molecule has 1 aromatic rings. The Hall–Kier alpha value is -0.980. The molecule has 0 amide bonds. The summed E-state index contributed by atoms with van der Waals surface area (Å²) in [6, 6.07) is 6.58. The highest BCUT2D eigenvalue weighted by Crippen LogP contribution is 2.11. The summed E-state index contributed by atoms with van der Waals surface area (Å²) in [5.41, 5.74) is 1.07. The highest BCUT2D eigenvalue weighted by molar-refractivity contribution is 7.91. The minimum atomic E-state index is -2.81. The first-order chi connectivity index (χ1) is 9.44. The summed E-state index contributed by atoms with van der Waals surface area (Å²) in [5, 5.41) is 3.28. The van der Waals surface area contributed by atoms with Gasteiger partial charge in [-0.2, -0.15) is 0 Å². The molecule has 0 aliphatic carbocycles. The van der Waals surface area contributed by atoms with Crippen molar-refractivity contribution in [1.82, 2.24) is 10.2 Å². The Kier molecular flexibility index (Phi) is 5.12. The van der Waals surface area contributed by atoms with Crippen LogP contribution in [0.25, 0.3) is 0 Å². The molecule has 1 unspecified atom stereocenters. The summed E-state index contributed by atoms with van der Waals surface area (Å²) in [5.74, 6) is 0.339. The molecule has 0 aromatic heterocycles. The van der Waals surface area contributed by atoms with E-state index in [0.717, 1.165) is 25.2 Å². The molecule has 1 N–H and O–H groups in total. The lowest BCUT2D eigenvalue weighted by molar-refractivity contribution is 0.318. The van der Waals surface area contributed by atoms with E-state index in [1.165, 1.54) is 12.1 Å². The van der Waals surface area contributed by atoms with Crippen molar-refractivity contribution in [2.24, 2.45) is 0 Å². The monoisotopic (exact) mass is 300 g/mol. The fourth-order valence-corrected chi connectivity index (χ4v) is 4.10. The predicted octanol–water partition coefficient (Wildman–Crippen LogP) is 1.03. The van der Waals surface area contributed by atoms with Gasteiger partial charge >= 0.3 is 0 Å². The molecule has 1 atom stereocenters. The number of hydrogen-bond donors (Lipinski definition) is 1. The van der Waals surface area contributed by atoms with Crippen molar-refractivity contribution >= 4 is 9.84 Å². The Balaban J connectivity index is 1.68. The molecule has 4 nitrogen and oxygen atoms in total. The van der Waals surface area contributed by atoms with Gasteiger partial charge in [0.2, 0.25) is 0 Å². The molecular weight excluding hydrogens is 279 g/mol. The maximum atomic E-state index is 12.8. The molecule has 0 saturated carbocycles. The van der Waals surface area contributed by atoms with Crippen LogP contribution in [0.15, 0.2) is 24.3 Å². The number of likely N-dealkylation sites (N-methyl/N-ethyl adjacent to an activating group) is 1. The summed E-state index contributed by atoms with van der Waals surface area (Å²) in [6.45, 7) is 2.34. The fraction of sp³-hybridized carbons (Fsp3) is 0.571. The smallest absolute Gasteiger partial charge is 0.151 e. The summed E-state index contributed by atoms with van der Waals surface area (Å²) >= 11 is 0. The quantitative estimate of drug-likeness (QED) is 0.853. The molecule has 0 spiro atoms. The number of sulfone groups is 1. The zero-order valence-corrected chi connectivity index (χ0v) is 12.5. The number of rotatable bonds is 6. The summed E-state index contributed by atoms with van der Waals surface area (Å²) in [4.78, 5) is 2.13. The van der Waals surface area contributed by atoms with Gasteiger partial charge in [0.25, 0.3) is 0 Å². The summed E-state index contributed by atoms with van der Waals surface area (Å²) in [6.07, 6.45) is 0.712. The van der Waals surface area contributed by atoms with Crippen molar-refractivity contribution in [3.63, 3.8) is 0 Å². The van der Waals surface area contributed by atoms with E-state index in [4.69, 9.17) is 0 Å². The Bertz CT molecular complexity index is 531. The van der Waals surface area contributed by atoms with Gasteiger partial charge in [0.1, 0.15) is 5.82 Å². The van der Waals surface area contributed by atoms with Crippen molar-refractivity contribution in [1.29, 1.82) is 0 Å². The summed E-state index contributed by atoms with van der Waals surface area (Å²) in [7, 11) is -0.814. The molecule has 2 rings (SSSR count). The third-order valence-corrected chi connectivity index (χ3v) is 5.29. The maximum absolute atomic E-state index is 12.8. The van der Waals surface area contributed by atoms with Crippen molar-refractivity contribution in [2.75, 3.05) is 31.6 Å². The minimum absolute atomic E-state index is 0.0965. The van der Waals surface area contributed by atoms with E-state index in [1.807, 2.05) is 7.05 Å². The molecule has 112 valence electrons. The van der Waals surface area contributed by atoms with E-state index < -0.39 is 9.84 Å². The first-order valence-electron chi connectivity index (χ1n) is 6.81. The van der Waals surface area contributed by atoms with Gasteiger partial charge in [-0.25, -0.2) is 12.8 Å². The molecule has 0 radical (unpaired) electrons. The third kappa shape index (κ3) is 4.85. The zero-order valence-electron chi connectivity index (χ0n) is 11.7. The first-order valence-corrected chi connectivity index (χ1v) is 8.63. The van der Waals surface area contributed by atoms with E-state index in [-0.39, 0.29) is 17.6 Å². The maximum Gasteiger partial charge on any atom is 0.151 e. The van der Waals surface area contributed by atoms with Crippen LogP contribution >= 0.6 is 0 Å². The highest BCUT2D eigenvalue weighted by atomic mass is 32.2. The lowest BCUT2D eigenvalue weighted by atomic mass is 10.2. The molecule has 1 aromatic carbocycles. The zero-order chi connectivity index (χ0) is 14.6. The van der Waals surface area contributed by atoms with Gasteiger partial charge in [-0.05, 0) is 31.2 Å². The van der Waals surface area contributed by atoms with E-state index in [1.54, 1.807) is 12.1 Å². The number of nitrogens with zero attached hydrogens (tertiary/aromatic N) is 1. The normalized spacial score (nSPS) is 21.4. The van der Waals surface area contributed by atoms with E-state index in [9.17, 15) is 12.8 Å². The SMILES string of the molecule is CN(CCNC1CCS(=O)(=O)C1)Cc1ccc(F)cc1. The lowest BCUT2D eigenvalue weighted by Crippen LogP contribution is -2.36. The Morgan fingerprint density at radius 2 is 2.05 bits per heavy atom. The minimum Gasteiger partial charge on any atom is -0.312 e. The van der Waals surface area contributed by atoms with Crippen molar-refractivity contribution in [3.8, 4) is 0 Å². The van der Waals surface area contributed by atoms with Gasteiger partial charge in [0, 0.05) is 25.7 Å². The second-order valence-electron chi connectivity index (χ2n) is 5.42. The predicted molar refractivity (Wildman–Crippen MR) is 77.8 cm³/mol. The van der Waals surface area contributed by atoms with Gasteiger partial charge < -0.3 is 10.2 Å². The highest BCUT2D eigenvalue weighted by Gasteiger charge is 2.27. The van der Waals surface area contributed by atoms with Crippen LogP contribution in [0.3, 0.4) is 0 Å². The van der Waals surface area contributed by atoms with Gasteiger partial charge in [-0.1, -0.05) is 12.1 Å². The van der Waals surface area contributed by atoms with E-state index >= 15 is 0 Å². The summed E-state index contributed by atoms with van der Waals surface area (Å²) < 4.78 is 35.4. The van der Waals surface area contributed by atoms with Crippen LogP contribution < -0.4 is 5.32 Å². The van der Waals surface area contributed by atoms with E-state index in [2.05, 4.69) is 10.2 Å². The average molecular weight is 300 g/mol. The molecule has 1 fully saturated rings. The second kappa shape index (κ2) is 6.65. The van der Waals surface area contributed by atoms with Crippen LogP contribution in [0.1, 0.15) is 12.0 Å². The Morgan fingerprint density at radius 1 is 1.35 bits per heavy atom. The van der Waals surface area contributed by atoms with Crippen LogP contribution in [0.5, 0.6) is 0 Å². The van der Waals surface area contributed by atoms with Gasteiger partial charge in [-0.3, -0.25) is 0 Å². The van der Waals surface area contributed by atoms with Crippen molar-refractivity contribution in [2.45, 2.75) is 19.0 Å². The van der Waals surface area contributed by atoms with Crippen LogP contribution in [0.4, 0.5) is 4.39 Å². The molecule has 20 heavy (non-hydrogen) atoms. The lowest BCUT2D eigenvalue weighted by Gasteiger charge is -2.18. The van der Waals surface area contributed by atoms with Crippen molar-refractivity contribution in [3.05, 3.63) is 35.6 Å². The Labute approximate surface area is 119 Å². The molecule has 1 saturated heterocycles.